The molecule has 0 atom stereocenters. The number of carboxylic acids is 1. The van der Waals surface area contributed by atoms with Crippen LogP contribution in [0.3, 0.4) is 0 Å². The smallest absolute Gasteiger partial charge is 0.307 e. The van der Waals surface area contributed by atoms with Crippen molar-refractivity contribution in [3.63, 3.8) is 0 Å². The van der Waals surface area contributed by atoms with E-state index in [-0.39, 0.29) is 6.42 Å². The molecule has 28 heavy (non-hydrogen) atoms. The first kappa shape index (κ1) is 18.2. The summed E-state index contributed by atoms with van der Waals surface area (Å²) in [5, 5.41) is 14.4. The van der Waals surface area contributed by atoms with Crippen LogP contribution >= 0.6 is 15.9 Å². The monoisotopic (exact) mass is 432 g/mol. The molecule has 1 N–H and O–H groups in total. The Morgan fingerprint density at radius 1 is 0.893 bits per heavy atom. The molecule has 0 aliphatic heterocycles. The maximum Gasteiger partial charge on any atom is 0.307 e. The highest BCUT2D eigenvalue weighted by atomic mass is 79.9. The van der Waals surface area contributed by atoms with Crippen LogP contribution < -0.4 is 0 Å². The third kappa shape index (κ3) is 3.62. The Bertz CT molecular complexity index is 1120. The van der Waals surface area contributed by atoms with Crippen molar-refractivity contribution < 1.29 is 9.90 Å². The average molecular weight is 433 g/mol. The number of carboxylic acid groups (broad SMARTS) is 1. The van der Waals surface area contributed by atoms with E-state index in [1.54, 1.807) is 0 Å². The zero-order chi connectivity index (χ0) is 19.5. The SMILES string of the molecule is O=C(O)Cc1c(-c2ccccc2)nn(-c2cccc(Br)c2)c1-c1ccccc1. The first-order valence-corrected chi connectivity index (χ1v) is 9.63. The van der Waals surface area contributed by atoms with Crippen LogP contribution in [0.1, 0.15) is 5.56 Å². The van der Waals surface area contributed by atoms with E-state index in [4.69, 9.17) is 5.10 Å². The number of halogens is 1. The minimum absolute atomic E-state index is 0.109. The van der Waals surface area contributed by atoms with Crippen LogP contribution in [0.5, 0.6) is 0 Å². The molecule has 4 aromatic rings. The zero-order valence-electron chi connectivity index (χ0n) is 14.9. The third-order valence-electron chi connectivity index (χ3n) is 4.46. The van der Waals surface area contributed by atoms with Gasteiger partial charge < -0.3 is 5.11 Å². The predicted octanol–water partition coefficient (Wildman–Crippen LogP) is 5.60. The summed E-state index contributed by atoms with van der Waals surface area (Å²) in [5.74, 6) is -0.886. The number of hydrogen-bond acceptors (Lipinski definition) is 2. The van der Waals surface area contributed by atoms with E-state index in [1.165, 1.54) is 0 Å². The first-order chi connectivity index (χ1) is 13.6. The second-order valence-corrected chi connectivity index (χ2v) is 7.29. The van der Waals surface area contributed by atoms with Gasteiger partial charge in [-0.05, 0) is 18.2 Å². The quantitative estimate of drug-likeness (QED) is 0.446. The molecule has 1 heterocycles. The van der Waals surface area contributed by atoms with Crippen LogP contribution in [0.4, 0.5) is 0 Å². The van der Waals surface area contributed by atoms with Crippen molar-refractivity contribution in [1.29, 1.82) is 0 Å². The number of aliphatic carboxylic acids is 1. The van der Waals surface area contributed by atoms with Crippen molar-refractivity contribution in [2.45, 2.75) is 6.42 Å². The van der Waals surface area contributed by atoms with Crippen LogP contribution in [-0.2, 0) is 11.2 Å². The topological polar surface area (TPSA) is 55.1 Å². The van der Waals surface area contributed by atoms with Gasteiger partial charge >= 0.3 is 5.97 Å². The summed E-state index contributed by atoms with van der Waals surface area (Å²) in [7, 11) is 0. The highest BCUT2D eigenvalue weighted by Gasteiger charge is 2.23. The number of aromatic nitrogens is 2. The van der Waals surface area contributed by atoms with E-state index >= 15 is 0 Å². The van der Waals surface area contributed by atoms with E-state index in [2.05, 4.69) is 15.9 Å². The summed E-state index contributed by atoms with van der Waals surface area (Å²) in [5.41, 5.74) is 4.85. The molecule has 0 saturated carbocycles. The first-order valence-electron chi connectivity index (χ1n) is 8.84. The summed E-state index contributed by atoms with van der Waals surface area (Å²) in [6.07, 6.45) is -0.109. The van der Waals surface area contributed by atoms with Gasteiger partial charge in [0.1, 0.15) is 0 Å². The van der Waals surface area contributed by atoms with Crippen molar-refractivity contribution in [2.24, 2.45) is 0 Å². The summed E-state index contributed by atoms with van der Waals surface area (Å²) in [6, 6.07) is 27.3. The largest absolute Gasteiger partial charge is 0.481 e. The highest BCUT2D eigenvalue weighted by Crippen LogP contribution is 2.35. The molecule has 0 bridgehead atoms. The maximum absolute atomic E-state index is 11.7. The highest BCUT2D eigenvalue weighted by molar-refractivity contribution is 9.10. The minimum Gasteiger partial charge on any atom is -0.481 e. The Hall–Kier alpha value is -3.18. The minimum atomic E-state index is -0.886. The Morgan fingerprint density at radius 3 is 2.14 bits per heavy atom. The van der Waals surface area contributed by atoms with Gasteiger partial charge in [-0.15, -0.1) is 0 Å². The standard InChI is InChI=1S/C23H17BrN2O2/c24-18-12-7-13-19(14-18)26-23(17-10-5-2-6-11-17)20(15-21(27)28)22(25-26)16-8-3-1-4-9-16/h1-14H,15H2,(H,27,28). The fraction of sp³-hybridized carbons (Fsp3) is 0.0435. The Kier molecular flexibility index (Phi) is 5.08. The molecule has 0 unspecified atom stereocenters. The van der Waals surface area contributed by atoms with Crippen LogP contribution in [0, 0.1) is 0 Å². The normalized spacial score (nSPS) is 10.8. The molecular formula is C23H17BrN2O2. The maximum atomic E-state index is 11.7. The molecule has 0 amide bonds. The molecule has 0 spiro atoms. The lowest BCUT2D eigenvalue weighted by atomic mass is 9.99. The Morgan fingerprint density at radius 2 is 1.54 bits per heavy atom. The molecule has 0 radical (unpaired) electrons. The molecule has 4 rings (SSSR count). The van der Waals surface area contributed by atoms with Crippen LogP contribution in [0.15, 0.2) is 89.4 Å². The molecule has 5 heteroatoms. The number of hydrogen-bond donors (Lipinski definition) is 1. The lowest BCUT2D eigenvalue weighted by Gasteiger charge is -2.10. The van der Waals surface area contributed by atoms with E-state index in [0.717, 1.165) is 27.0 Å². The van der Waals surface area contributed by atoms with Crippen LogP contribution in [0.2, 0.25) is 0 Å². The fourth-order valence-electron chi connectivity index (χ4n) is 3.28. The predicted molar refractivity (Wildman–Crippen MR) is 113 cm³/mol. The lowest BCUT2D eigenvalue weighted by molar-refractivity contribution is -0.136. The van der Waals surface area contributed by atoms with Gasteiger partial charge in [0.05, 0.1) is 23.5 Å². The lowest BCUT2D eigenvalue weighted by Crippen LogP contribution is -2.04. The van der Waals surface area contributed by atoms with Crippen molar-refractivity contribution >= 4 is 21.9 Å². The van der Waals surface area contributed by atoms with E-state index in [9.17, 15) is 9.90 Å². The molecular weight excluding hydrogens is 416 g/mol. The molecule has 0 saturated heterocycles. The fourth-order valence-corrected chi connectivity index (χ4v) is 3.67. The molecule has 0 fully saturated rings. The van der Waals surface area contributed by atoms with Crippen LogP contribution in [0.25, 0.3) is 28.2 Å². The van der Waals surface area contributed by atoms with Crippen molar-refractivity contribution in [3.05, 3.63) is 95.0 Å². The van der Waals surface area contributed by atoms with Gasteiger partial charge in [-0.2, -0.15) is 5.10 Å². The summed E-state index contributed by atoms with van der Waals surface area (Å²) >= 11 is 3.52. The third-order valence-corrected chi connectivity index (χ3v) is 4.95. The van der Waals surface area contributed by atoms with Gasteiger partial charge in [-0.1, -0.05) is 82.7 Å². The van der Waals surface area contributed by atoms with E-state index < -0.39 is 5.97 Å². The van der Waals surface area contributed by atoms with Crippen molar-refractivity contribution in [2.75, 3.05) is 0 Å². The second kappa shape index (κ2) is 7.82. The Balaban J connectivity index is 2.05. The summed E-state index contributed by atoms with van der Waals surface area (Å²) in [6.45, 7) is 0. The van der Waals surface area contributed by atoms with Gasteiger partial charge in [0.15, 0.2) is 0 Å². The molecule has 0 aliphatic rings. The average Bonchev–Trinajstić information content (AvgIpc) is 3.08. The van der Waals surface area contributed by atoms with E-state index in [0.29, 0.717) is 11.3 Å². The second-order valence-electron chi connectivity index (χ2n) is 6.37. The summed E-state index contributed by atoms with van der Waals surface area (Å²) in [4.78, 5) is 11.7. The molecule has 3 aromatic carbocycles. The van der Waals surface area contributed by atoms with Crippen molar-refractivity contribution in [1.82, 2.24) is 9.78 Å². The Labute approximate surface area is 171 Å². The number of benzene rings is 3. The number of rotatable bonds is 5. The van der Waals surface area contributed by atoms with Gasteiger partial charge in [-0.3, -0.25) is 4.79 Å². The molecule has 1 aromatic heterocycles. The van der Waals surface area contributed by atoms with Gasteiger partial charge in [0.2, 0.25) is 0 Å². The number of carbonyl (C=O) groups is 1. The van der Waals surface area contributed by atoms with Crippen molar-refractivity contribution in [3.8, 4) is 28.2 Å². The number of nitrogens with zero attached hydrogens (tertiary/aromatic N) is 2. The molecule has 4 nitrogen and oxygen atoms in total. The van der Waals surface area contributed by atoms with Gasteiger partial charge in [0, 0.05) is 21.2 Å². The zero-order valence-corrected chi connectivity index (χ0v) is 16.5. The van der Waals surface area contributed by atoms with Gasteiger partial charge in [-0.25, -0.2) is 4.68 Å². The molecule has 138 valence electrons. The van der Waals surface area contributed by atoms with Gasteiger partial charge in [0.25, 0.3) is 0 Å². The molecule has 0 aliphatic carbocycles. The van der Waals surface area contributed by atoms with Crippen LogP contribution in [-0.4, -0.2) is 20.9 Å². The summed E-state index contributed by atoms with van der Waals surface area (Å²) < 4.78 is 2.77. The van der Waals surface area contributed by atoms with E-state index in [1.807, 2.05) is 89.6 Å².